The number of pyridine rings is 1. The fourth-order valence-corrected chi connectivity index (χ4v) is 1.43. The molecule has 0 aliphatic heterocycles. The smallest absolute Gasteiger partial charge is 0.232 e. The van der Waals surface area contributed by atoms with Crippen LogP contribution in [0, 0.1) is 0 Å². The van der Waals surface area contributed by atoms with Crippen LogP contribution in [0.5, 0.6) is 5.88 Å². The monoisotopic (exact) mass is 249 g/mol. The van der Waals surface area contributed by atoms with E-state index in [1.807, 2.05) is 18.2 Å². The Balaban J connectivity index is 1.82. The van der Waals surface area contributed by atoms with Crippen LogP contribution in [0.25, 0.3) is 0 Å². The van der Waals surface area contributed by atoms with Crippen molar-refractivity contribution in [1.29, 1.82) is 0 Å². The summed E-state index contributed by atoms with van der Waals surface area (Å²) < 4.78 is 5.45. The average molecular weight is 250 g/mol. The van der Waals surface area contributed by atoms with Gasteiger partial charge in [0.05, 0.1) is 30.6 Å². The van der Waals surface area contributed by atoms with Gasteiger partial charge < -0.3 is 4.74 Å². The van der Waals surface area contributed by atoms with Crippen molar-refractivity contribution in [3.8, 4) is 5.88 Å². The molecule has 2 aromatic heterocycles. The van der Waals surface area contributed by atoms with Crippen LogP contribution >= 0.6 is 11.6 Å². The quantitative estimate of drug-likeness (QED) is 0.763. The molecule has 0 atom stereocenters. The van der Waals surface area contributed by atoms with Crippen molar-refractivity contribution in [3.63, 3.8) is 0 Å². The minimum atomic E-state index is 0.362. The van der Waals surface area contributed by atoms with Gasteiger partial charge in [-0.15, -0.1) is 11.6 Å². The predicted octanol–water partition coefficient (Wildman–Crippen LogP) is 2.23. The standard InChI is InChI=1S/C12H12ClN3O/c13-7-11-8-16-12(9-15-11)17-6-4-10-3-1-2-5-14-10/h1-3,5,8-9H,4,6-7H2. The van der Waals surface area contributed by atoms with Crippen LogP contribution in [-0.4, -0.2) is 21.6 Å². The summed E-state index contributed by atoms with van der Waals surface area (Å²) >= 11 is 5.61. The summed E-state index contributed by atoms with van der Waals surface area (Å²) in [7, 11) is 0. The second-order valence-electron chi connectivity index (χ2n) is 3.40. The maximum Gasteiger partial charge on any atom is 0.232 e. The lowest BCUT2D eigenvalue weighted by atomic mass is 10.3. The van der Waals surface area contributed by atoms with E-state index in [0.29, 0.717) is 18.4 Å². The average Bonchev–Trinajstić information content (AvgIpc) is 2.41. The van der Waals surface area contributed by atoms with E-state index in [2.05, 4.69) is 15.0 Å². The van der Waals surface area contributed by atoms with Crippen LogP contribution in [0.4, 0.5) is 0 Å². The lowest BCUT2D eigenvalue weighted by Crippen LogP contribution is -2.04. The third-order valence-electron chi connectivity index (χ3n) is 2.15. The van der Waals surface area contributed by atoms with Crippen molar-refractivity contribution >= 4 is 11.6 Å². The number of halogens is 1. The number of hydrogen-bond acceptors (Lipinski definition) is 4. The number of ether oxygens (including phenoxy) is 1. The molecule has 0 fully saturated rings. The van der Waals surface area contributed by atoms with Gasteiger partial charge in [0.1, 0.15) is 0 Å². The molecule has 4 nitrogen and oxygen atoms in total. The van der Waals surface area contributed by atoms with Crippen molar-refractivity contribution in [2.24, 2.45) is 0 Å². The molecule has 0 radical (unpaired) electrons. The minimum absolute atomic E-state index is 0.362. The van der Waals surface area contributed by atoms with Crippen molar-refractivity contribution in [2.75, 3.05) is 6.61 Å². The van der Waals surface area contributed by atoms with Gasteiger partial charge in [0.15, 0.2) is 0 Å². The number of aromatic nitrogens is 3. The molecule has 0 bridgehead atoms. The van der Waals surface area contributed by atoms with E-state index >= 15 is 0 Å². The first-order chi connectivity index (χ1) is 8.38. The Morgan fingerprint density at radius 3 is 2.65 bits per heavy atom. The molecular formula is C12H12ClN3O. The zero-order valence-electron chi connectivity index (χ0n) is 9.21. The minimum Gasteiger partial charge on any atom is -0.476 e. The van der Waals surface area contributed by atoms with E-state index in [1.54, 1.807) is 18.6 Å². The van der Waals surface area contributed by atoms with Gasteiger partial charge in [-0.1, -0.05) is 6.07 Å². The third-order valence-corrected chi connectivity index (χ3v) is 2.43. The first kappa shape index (κ1) is 11.8. The Kier molecular flexibility index (Phi) is 4.27. The van der Waals surface area contributed by atoms with E-state index in [0.717, 1.165) is 17.8 Å². The summed E-state index contributed by atoms with van der Waals surface area (Å²) in [6, 6.07) is 5.81. The molecule has 0 spiro atoms. The molecule has 0 N–H and O–H groups in total. The fourth-order valence-electron chi connectivity index (χ4n) is 1.29. The molecule has 0 aliphatic rings. The van der Waals surface area contributed by atoms with Crippen LogP contribution in [-0.2, 0) is 12.3 Å². The maximum atomic E-state index is 5.61. The van der Waals surface area contributed by atoms with Gasteiger partial charge in [0.2, 0.25) is 5.88 Å². The topological polar surface area (TPSA) is 47.9 Å². The lowest BCUT2D eigenvalue weighted by Gasteiger charge is -2.04. The van der Waals surface area contributed by atoms with Gasteiger partial charge in [-0.05, 0) is 12.1 Å². The zero-order valence-corrected chi connectivity index (χ0v) is 9.97. The van der Waals surface area contributed by atoms with E-state index < -0.39 is 0 Å². The van der Waals surface area contributed by atoms with Crippen LogP contribution in [0.1, 0.15) is 11.4 Å². The van der Waals surface area contributed by atoms with Gasteiger partial charge in [-0.2, -0.15) is 0 Å². The Labute approximate surface area is 105 Å². The summed E-state index contributed by atoms with van der Waals surface area (Å²) in [6.07, 6.45) is 5.71. The van der Waals surface area contributed by atoms with E-state index in [1.165, 1.54) is 0 Å². The summed E-state index contributed by atoms with van der Waals surface area (Å²) in [6.45, 7) is 0.534. The summed E-state index contributed by atoms with van der Waals surface area (Å²) in [5.74, 6) is 0.871. The molecule has 5 heteroatoms. The summed E-state index contributed by atoms with van der Waals surface area (Å²) in [4.78, 5) is 12.4. The highest BCUT2D eigenvalue weighted by Gasteiger charge is 1.98. The Bertz CT molecular complexity index is 447. The molecule has 2 aromatic rings. The Hall–Kier alpha value is -1.68. The van der Waals surface area contributed by atoms with Gasteiger partial charge >= 0.3 is 0 Å². The Morgan fingerprint density at radius 1 is 1.06 bits per heavy atom. The second-order valence-corrected chi connectivity index (χ2v) is 3.67. The number of hydrogen-bond donors (Lipinski definition) is 0. The molecule has 0 aliphatic carbocycles. The molecule has 0 unspecified atom stereocenters. The molecule has 0 saturated heterocycles. The molecule has 88 valence electrons. The van der Waals surface area contributed by atoms with Crippen LogP contribution in [0.2, 0.25) is 0 Å². The van der Waals surface area contributed by atoms with Gasteiger partial charge in [-0.3, -0.25) is 9.97 Å². The summed E-state index contributed by atoms with van der Waals surface area (Å²) in [5.41, 5.74) is 1.74. The molecule has 0 amide bonds. The molecule has 0 aromatic carbocycles. The van der Waals surface area contributed by atoms with Gasteiger partial charge in [0, 0.05) is 18.3 Å². The van der Waals surface area contributed by atoms with E-state index in [4.69, 9.17) is 16.3 Å². The van der Waals surface area contributed by atoms with Gasteiger partial charge in [0.25, 0.3) is 0 Å². The number of nitrogens with zero attached hydrogens (tertiary/aromatic N) is 3. The SMILES string of the molecule is ClCc1cnc(OCCc2ccccn2)cn1. The second kappa shape index (κ2) is 6.15. The Morgan fingerprint density at radius 2 is 2.00 bits per heavy atom. The third kappa shape index (κ3) is 3.67. The van der Waals surface area contributed by atoms with Crippen molar-refractivity contribution in [1.82, 2.24) is 15.0 Å². The number of rotatable bonds is 5. The predicted molar refractivity (Wildman–Crippen MR) is 65.0 cm³/mol. The van der Waals surface area contributed by atoms with Crippen molar-refractivity contribution in [3.05, 3.63) is 48.2 Å². The lowest BCUT2D eigenvalue weighted by molar-refractivity contribution is 0.306. The zero-order chi connectivity index (χ0) is 11.9. The van der Waals surface area contributed by atoms with E-state index in [-0.39, 0.29) is 0 Å². The maximum absolute atomic E-state index is 5.61. The molecule has 17 heavy (non-hydrogen) atoms. The largest absolute Gasteiger partial charge is 0.476 e. The van der Waals surface area contributed by atoms with E-state index in [9.17, 15) is 0 Å². The van der Waals surface area contributed by atoms with Gasteiger partial charge in [-0.25, -0.2) is 4.98 Å². The molecule has 2 rings (SSSR count). The van der Waals surface area contributed by atoms with Crippen LogP contribution < -0.4 is 4.74 Å². The van der Waals surface area contributed by atoms with Crippen LogP contribution in [0.15, 0.2) is 36.8 Å². The van der Waals surface area contributed by atoms with Crippen molar-refractivity contribution < 1.29 is 4.74 Å². The molecule has 0 saturated carbocycles. The highest BCUT2D eigenvalue weighted by molar-refractivity contribution is 6.16. The molecular weight excluding hydrogens is 238 g/mol. The molecule has 2 heterocycles. The van der Waals surface area contributed by atoms with Crippen LogP contribution in [0.3, 0.4) is 0 Å². The highest BCUT2D eigenvalue weighted by atomic mass is 35.5. The van der Waals surface area contributed by atoms with Crippen molar-refractivity contribution in [2.45, 2.75) is 12.3 Å². The normalized spacial score (nSPS) is 10.2. The summed E-state index contributed by atoms with van der Waals surface area (Å²) in [5, 5.41) is 0. The first-order valence-corrected chi connectivity index (χ1v) is 5.81. The fraction of sp³-hybridized carbons (Fsp3) is 0.250. The highest BCUT2D eigenvalue weighted by Crippen LogP contribution is 2.06. The number of alkyl halides is 1. The first-order valence-electron chi connectivity index (χ1n) is 5.28.